The van der Waals surface area contributed by atoms with E-state index in [0.717, 1.165) is 26.5 Å². The van der Waals surface area contributed by atoms with E-state index in [1.165, 1.54) is 6.07 Å². The summed E-state index contributed by atoms with van der Waals surface area (Å²) in [7, 11) is 0. The summed E-state index contributed by atoms with van der Waals surface area (Å²) < 4.78 is 11.0. The van der Waals surface area contributed by atoms with E-state index in [4.69, 9.17) is 9.15 Å². The van der Waals surface area contributed by atoms with Crippen LogP contribution in [-0.4, -0.2) is 4.98 Å². The highest BCUT2D eigenvalue weighted by Crippen LogP contribution is 2.28. The molecule has 0 radical (unpaired) electrons. The largest absolute Gasteiger partial charge is 0.487 e. The molecule has 0 aliphatic carbocycles. The molecule has 4 nitrogen and oxygen atoms in total. The van der Waals surface area contributed by atoms with E-state index >= 15 is 0 Å². The summed E-state index contributed by atoms with van der Waals surface area (Å²) in [5.41, 5.74) is 1.97. The van der Waals surface area contributed by atoms with E-state index in [1.807, 2.05) is 35.9 Å². The van der Waals surface area contributed by atoms with Crippen LogP contribution in [0.3, 0.4) is 0 Å². The molecule has 0 unspecified atom stereocenters. The van der Waals surface area contributed by atoms with Crippen LogP contribution in [0.2, 0.25) is 0 Å². The number of aromatic nitrogens is 1. The minimum Gasteiger partial charge on any atom is -0.487 e. The molecule has 0 amide bonds. The summed E-state index contributed by atoms with van der Waals surface area (Å²) in [6.07, 6.45) is 0. The molecule has 3 heterocycles. The van der Waals surface area contributed by atoms with Crippen molar-refractivity contribution in [1.82, 2.24) is 4.98 Å². The molecule has 4 rings (SSSR count). The predicted molar refractivity (Wildman–Crippen MR) is 97.0 cm³/mol. The maximum Gasteiger partial charge on any atom is 0.336 e. The standard InChI is InChI=1S/C18H13NO3S2/c1-11-7-17(20)22-15-8-13(4-5-14(11)15)21-9-12-10-24-18(19-12)16-3-2-6-23-16/h2-8,10H,9H2,1H3. The molecule has 0 spiro atoms. The number of nitrogens with zero attached hydrogens (tertiary/aromatic N) is 1. The Balaban J connectivity index is 1.54. The number of rotatable bonds is 4. The monoisotopic (exact) mass is 355 g/mol. The van der Waals surface area contributed by atoms with Crippen molar-refractivity contribution in [3.05, 3.63) is 68.8 Å². The van der Waals surface area contributed by atoms with E-state index < -0.39 is 0 Å². The average molecular weight is 355 g/mol. The molecule has 1 aromatic carbocycles. The Hall–Kier alpha value is -2.44. The molecule has 0 saturated heterocycles. The van der Waals surface area contributed by atoms with Crippen LogP contribution in [-0.2, 0) is 6.61 Å². The molecule has 0 atom stereocenters. The van der Waals surface area contributed by atoms with Gasteiger partial charge in [0.05, 0.1) is 10.6 Å². The SMILES string of the molecule is Cc1cc(=O)oc2cc(OCc3csc(-c4cccs4)n3)ccc12. The highest BCUT2D eigenvalue weighted by Gasteiger charge is 2.08. The molecule has 0 saturated carbocycles. The Kier molecular flexibility index (Phi) is 3.92. The third-order valence-electron chi connectivity index (χ3n) is 3.59. The number of benzene rings is 1. The summed E-state index contributed by atoms with van der Waals surface area (Å²) >= 11 is 3.28. The lowest BCUT2D eigenvalue weighted by molar-refractivity contribution is 0.302. The van der Waals surface area contributed by atoms with Gasteiger partial charge in [-0.25, -0.2) is 9.78 Å². The fourth-order valence-corrected chi connectivity index (χ4v) is 4.06. The van der Waals surface area contributed by atoms with Crippen molar-refractivity contribution in [2.45, 2.75) is 13.5 Å². The second kappa shape index (κ2) is 6.22. The van der Waals surface area contributed by atoms with Gasteiger partial charge in [-0.1, -0.05) is 6.07 Å². The molecule has 0 fully saturated rings. The maximum atomic E-state index is 11.5. The normalized spacial score (nSPS) is 11.0. The summed E-state index contributed by atoms with van der Waals surface area (Å²) in [4.78, 5) is 17.2. The van der Waals surface area contributed by atoms with Crippen LogP contribution >= 0.6 is 22.7 Å². The summed E-state index contributed by atoms with van der Waals surface area (Å²) in [6, 6.07) is 11.1. The Morgan fingerprint density at radius 3 is 2.96 bits per heavy atom. The van der Waals surface area contributed by atoms with Crippen molar-refractivity contribution in [2.75, 3.05) is 0 Å². The van der Waals surface area contributed by atoms with Gasteiger partial charge in [-0.2, -0.15) is 0 Å². The van der Waals surface area contributed by atoms with Crippen molar-refractivity contribution in [1.29, 1.82) is 0 Å². The molecular weight excluding hydrogens is 342 g/mol. The van der Waals surface area contributed by atoms with Crippen molar-refractivity contribution >= 4 is 33.6 Å². The van der Waals surface area contributed by atoms with Crippen molar-refractivity contribution in [3.63, 3.8) is 0 Å². The van der Waals surface area contributed by atoms with Crippen molar-refractivity contribution in [3.8, 4) is 15.6 Å². The first-order valence-corrected chi connectivity index (χ1v) is 9.10. The summed E-state index contributed by atoms with van der Waals surface area (Å²) in [5, 5.41) is 5.96. The third kappa shape index (κ3) is 2.98. The van der Waals surface area contributed by atoms with E-state index in [9.17, 15) is 4.79 Å². The Labute approximate surface area is 146 Å². The van der Waals surface area contributed by atoms with Gasteiger partial charge in [-0.3, -0.25) is 0 Å². The summed E-state index contributed by atoms with van der Waals surface area (Å²) in [6.45, 7) is 2.27. The number of hydrogen-bond donors (Lipinski definition) is 0. The van der Waals surface area contributed by atoms with Gasteiger partial charge in [0.15, 0.2) is 0 Å². The second-order valence-corrected chi connectivity index (χ2v) is 7.12. The number of ether oxygens (including phenoxy) is 1. The number of fused-ring (bicyclic) bond motifs is 1. The minimum atomic E-state index is -0.350. The topological polar surface area (TPSA) is 52.3 Å². The average Bonchev–Trinajstić information content (AvgIpc) is 3.23. The number of hydrogen-bond acceptors (Lipinski definition) is 6. The fourth-order valence-electron chi connectivity index (χ4n) is 2.44. The van der Waals surface area contributed by atoms with Crippen LogP contribution in [0.25, 0.3) is 20.9 Å². The molecule has 3 aromatic heterocycles. The molecule has 120 valence electrons. The first kappa shape index (κ1) is 15.1. The van der Waals surface area contributed by atoms with Gasteiger partial charge < -0.3 is 9.15 Å². The highest BCUT2D eigenvalue weighted by molar-refractivity contribution is 7.20. The van der Waals surface area contributed by atoms with Gasteiger partial charge in [-0.15, -0.1) is 22.7 Å². The molecule has 4 aromatic rings. The van der Waals surface area contributed by atoms with E-state index in [-0.39, 0.29) is 5.63 Å². The van der Waals surface area contributed by atoms with Crippen LogP contribution in [0, 0.1) is 6.92 Å². The number of aryl methyl sites for hydroxylation is 1. The first-order chi connectivity index (χ1) is 11.7. The molecule has 0 aliphatic heterocycles. The van der Waals surface area contributed by atoms with Crippen LogP contribution in [0.1, 0.15) is 11.3 Å². The summed E-state index contributed by atoms with van der Waals surface area (Å²) in [5.74, 6) is 0.655. The van der Waals surface area contributed by atoms with Crippen molar-refractivity contribution < 1.29 is 9.15 Å². The Morgan fingerprint density at radius 1 is 1.21 bits per heavy atom. The van der Waals surface area contributed by atoms with Crippen LogP contribution in [0.4, 0.5) is 0 Å². The quantitative estimate of drug-likeness (QED) is 0.490. The van der Waals surface area contributed by atoms with Gasteiger partial charge in [0.1, 0.15) is 22.9 Å². The Morgan fingerprint density at radius 2 is 2.12 bits per heavy atom. The Bertz CT molecular complexity index is 1050. The zero-order valence-electron chi connectivity index (χ0n) is 12.8. The number of thiazole rings is 1. The first-order valence-electron chi connectivity index (χ1n) is 7.34. The lowest BCUT2D eigenvalue weighted by Crippen LogP contribution is -1.99. The molecular formula is C18H13NO3S2. The maximum absolute atomic E-state index is 11.5. The van der Waals surface area contributed by atoms with Gasteiger partial charge in [0.25, 0.3) is 0 Å². The lowest BCUT2D eigenvalue weighted by atomic mass is 10.1. The van der Waals surface area contributed by atoms with Gasteiger partial charge in [0, 0.05) is 22.9 Å². The van der Waals surface area contributed by atoms with Crippen molar-refractivity contribution in [2.24, 2.45) is 0 Å². The molecule has 0 bridgehead atoms. The zero-order valence-corrected chi connectivity index (χ0v) is 14.4. The smallest absolute Gasteiger partial charge is 0.336 e. The van der Waals surface area contributed by atoms with Crippen LogP contribution < -0.4 is 10.4 Å². The fraction of sp³-hybridized carbons (Fsp3) is 0.111. The molecule has 0 N–H and O–H groups in total. The van der Waals surface area contributed by atoms with E-state index in [2.05, 4.69) is 11.1 Å². The van der Waals surface area contributed by atoms with Crippen LogP contribution in [0.15, 0.2) is 56.4 Å². The van der Waals surface area contributed by atoms with E-state index in [1.54, 1.807) is 28.7 Å². The third-order valence-corrected chi connectivity index (χ3v) is 5.52. The minimum absolute atomic E-state index is 0.350. The van der Waals surface area contributed by atoms with E-state index in [0.29, 0.717) is 17.9 Å². The molecule has 6 heteroatoms. The van der Waals surface area contributed by atoms with Gasteiger partial charge in [0.2, 0.25) is 0 Å². The lowest BCUT2D eigenvalue weighted by Gasteiger charge is -2.06. The van der Waals surface area contributed by atoms with Crippen LogP contribution in [0.5, 0.6) is 5.75 Å². The van der Waals surface area contributed by atoms with Gasteiger partial charge in [-0.05, 0) is 36.1 Å². The number of thiophene rings is 1. The molecule has 0 aliphatic rings. The predicted octanol–water partition coefficient (Wildman–Crippen LogP) is 4.87. The van der Waals surface area contributed by atoms with Gasteiger partial charge >= 0.3 is 5.63 Å². The zero-order chi connectivity index (χ0) is 16.5. The highest BCUT2D eigenvalue weighted by atomic mass is 32.1. The second-order valence-electron chi connectivity index (χ2n) is 5.32. The molecule has 24 heavy (non-hydrogen) atoms.